The topological polar surface area (TPSA) is 85.4 Å². The molecule has 1 amide bonds. The van der Waals surface area contributed by atoms with Crippen LogP contribution in [0.1, 0.15) is 42.4 Å². The van der Waals surface area contributed by atoms with Crippen molar-refractivity contribution in [1.82, 2.24) is 15.3 Å². The quantitative estimate of drug-likeness (QED) is 0.668. The second-order valence-corrected chi connectivity index (χ2v) is 5.88. The van der Waals surface area contributed by atoms with E-state index in [0.29, 0.717) is 35.4 Å². The van der Waals surface area contributed by atoms with Gasteiger partial charge in [-0.05, 0) is 31.5 Å². The normalized spacial score (nSPS) is 10.3. The molecule has 7 heteroatoms. The zero-order valence-corrected chi connectivity index (χ0v) is 15.8. The van der Waals surface area contributed by atoms with Gasteiger partial charge in [-0.1, -0.05) is 19.8 Å². The van der Waals surface area contributed by atoms with Gasteiger partial charge in [0.25, 0.3) is 5.91 Å². The maximum Gasteiger partial charge on any atom is 0.270 e. The van der Waals surface area contributed by atoms with E-state index in [1.165, 1.54) is 0 Å². The van der Waals surface area contributed by atoms with Crippen LogP contribution in [0, 0.1) is 6.92 Å². The second-order valence-electron chi connectivity index (χ2n) is 5.88. The Balaban J connectivity index is 2.13. The summed E-state index contributed by atoms with van der Waals surface area (Å²) >= 11 is 0. The number of nitrogens with one attached hydrogen (secondary N) is 2. The van der Waals surface area contributed by atoms with Gasteiger partial charge in [0.15, 0.2) is 11.5 Å². The lowest BCUT2D eigenvalue weighted by Crippen LogP contribution is -2.25. The molecule has 140 valence electrons. The molecule has 0 aliphatic carbocycles. The summed E-state index contributed by atoms with van der Waals surface area (Å²) in [6.07, 6.45) is 3.17. The Bertz CT molecular complexity index is 750. The number of aryl methyl sites for hydroxylation is 1. The Hall–Kier alpha value is -2.83. The minimum absolute atomic E-state index is 0.193. The molecule has 0 unspecified atom stereocenters. The Morgan fingerprint density at radius 1 is 1.08 bits per heavy atom. The summed E-state index contributed by atoms with van der Waals surface area (Å²) in [4.78, 5) is 20.9. The third-order valence-electron chi connectivity index (χ3n) is 3.79. The summed E-state index contributed by atoms with van der Waals surface area (Å²) < 4.78 is 10.5. The molecule has 26 heavy (non-hydrogen) atoms. The first kappa shape index (κ1) is 19.5. The summed E-state index contributed by atoms with van der Waals surface area (Å²) in [5, 5.41) is 6.00. The number of amides is 1. The fraction of sp³-hybridized carbons (Fsp3) is 0.421. The Labute approximate surface area is 154 Å². The van der Waals surface area contributed by atoms with Crippen molar-refractivity contribution in [2.75, 3.05) is 26.1 Å². The average Bonchev–Trinajstić information content (AvgIpc) is 2.64. The minimum atomic E-state index is -0.193. The molecule has 0 radical (unpaired) electrons. The summed E-state index contributed by atoms with van der Waals surface area (Å²) in [6, 6.07) is 7.08. The van der Waals surface area contributed by atoms with Gasteiger partial charge in [-0.15, -0.1) is 0 Å². The Morgan fingerprint density at radius 2 is 1.85 bits per heavy atom. The van der Waals surface area contributed by atoms with Crippen LogP contribution < -0.4 is 20.1 Å². The number of hydrogen-bond acceptors (Lipinski definition) is 6. The van der Waals surface area contributed by atoms with Crippen LogP contribution in [0.2, 0.25) is 0 Å². The van der Waals surface area contributed by atoms with Crippen molar-refractivity contribution in [3.05, 3.63) is 35.7 Å². The molecule has 1 aromatic heterocycles. The molecular formula is C19H26N4O3. The van der Waals surface area contributed by atoms with Crippen molar-refractivity contribution in [1.29, 1.82) is 0 Å². The van der Waals surface area contributed by atoms with E-state index in [1.54, 1.807) is 32.4 Å². The van der Waals surface area contributed by atoms with Crippen LogP contribution in [0.5, 0.6) is 11.5 Å². The number of unbranched alkanes of at least 4 members (excludes halogenated alkanes) is 2. The van der Waals surface area contributed by atoms with E-state index in [2.05, 4.69) is 27.5 Å². The molecule has 0 aliphatic rings. The van der Waals surface area contributed by atoms with Gasteiger partial charge in [0.05, 0.1) is 14.2 Å². The smallest absolute Gasteiger partial charge is 0.270 e. The first-order valence-electron chi connectivity index (χ1n) is 8.70. The molecule has 2 N–H and O–H groups in total. The zero-order chi connectivity index (χ0) is 18.9. The number of rotatable bonds is 9. The highest BCUT2D eigenvalue weighted by Gasteiger charge is 2.11. The van der Waals surface area contributed by atoms with Crippen LogP contribution in [0.4, 0.5) is 11.6 Å². The van der Waals surface area contributed by atoms with E-state index in [1.807, 2.05) is 13.0 Å². The fourth-order valence-corrected chi connectivity index (χ4v) is 2.45. The fourth-order valence-electron chi connectivity index (χ4n) is 2.45. The van der Waals surface area contributed by atoms with E-state index < -0.39 is 0 Å². The van der Waals surface area contributed by atoms with Crippen LogP contribution >= 0.6 is 0 Å². The van der Waals surface area contributed by atoms with E-state index in [0.717, 1.165) is 24.9 Å². The van der Waals surface area contributed by atoms with Gasteiger partial charge in [0.2, 0.25) is 5.95 Å². The standard InChI is InChI=1S/C19H26N4O3/c1-5-6-7-10-20-18(24)15-11-13(2)21-19(23-15)22-14-8-9-16(25-3)17(12-14)26-4/h8-9,11-12H,5-7,10H2,1-4H3,(H,20,24)(H,21,22,23). The van der Waals surface area contributed by atoms with Crippen LogP contribution in [0.3, 0.4) is 0 Å². The summed E-state index contributed by atoms with van der Waals surface area (Å²) in [7, 11) is 3.16. The van der Waals surface area contributed by atoms with Gasteiger partial charge >= 0.3 is 0 Å². The summed E-state index contributed by atoms with van der Waals surface area (Å²) in [5.74, 6) is 1.40. The van der Waals surface area contributed by atoms with Gasteiger partial charge in [-0.3, -0.25) is 4.79 Å². The number of hydrogen-bond donors (Lipinski definition) is 2. The highest BCUT2D eigenvalue weighted by molar-refractivity contribution is 5.92. The van der Waals surface area contributed by atoms with Crippen LogP contribution in [0.25, 0.3) is 0 Å². The zero-order valence-electron chi connectivity index (χ0n) is 15.8. The molecular weight excluding hydrogens is 332 g/mol. The van der Waals surface area contributed by atoms with Gasteiger partial charge in [-0.2, -0.15) is 0 Å². The molecule has 0 fully saturated rings. The van der Waals surface area contributed by atoms with Crippen LogP contribution in [0.15, 0.2) is 24.3 Å². The van der Waals surface area contributed by atoms with Gasteiger partial charge in [-0.25, -0.2) is 9.97 Å². The first-order valence-corrected chi connectivity index (χ1v) is 8.70. The van der Waals surface area contributed by atoms with Crippen molar-refractivity contribution in [3.63, 3.8) is 0 Å². The largest absolute Gasteiger partial charge is 0.493 e. The number of nitrogens with zero attached hydrogens (tertiary/aromatic N) is 2. The highest BCUT2D eigenvalue weighted by atomic mass is 16.5. The number of ether oxygens (including phenoxy) is 2. The lowest BCUT2D eigenvalue weighted by atomic mass is 10.2. The number of anilines is 2. The number of benzene rings is 1. The van der Waals surface area contributed by atoms with Gasteiger partial charge in [0, 0.05) is 24.0 Å². The van der Waals surface area contributed by atoms with E-state index in [4.69, 9.17) is 9.47 Å². The second kappa shape index (κ2) is 9.60. The number of aromatic nitrogens is 2. The van der Waals surface area contributed by atoms with E-state index in [-0.39, 0.29) is 5.91 Å². The van der Waals surface area contributed by atoms with Crippen molar-refractivity contribution in [3.8, 4) is 11.5 Å². The lowest BCUT2D eigenvalue weighted by molar-refractivity contribution is 0.0948. The molecule has 0 aliphatic heterocycles. The third kappa shape index (κ3) is 5.34. The molecule has 7 nitrogen and oxygen atoms in total. The molecule has 0 saturated heterocycles. The van der Waals surface area contributed by atoms with E-state index in [9.17, 15) is 4.79 Å². The molecule has 2 rings (SSSR count). The molecule has 0 spiro atoms. The Morgan fingerprint density at radius 3 is 2.54 bits per heavy atom. The van der Waals surface area contributed by atoms with Gasteiger partial charge < -0.3 is 20.1 Å². The SMILES string of the molecule is CCCCCNC(=O)c1cc(C)nc(Nc2ccc(OC)c(OC)c2)n1. The first-order chi connectivity index (χ1) is 12.6. The van der Waals surface area contributed by atoms with Crippen molar-refractivity contribution < 1.29 is 14.3 Å². The molecule has 0 bridgehead atoms. The summed E-state index contributed by atoms with van der Waals surface area (Å²) in [5.41, 5.74) is 1.79. The van der Waals surface area contributed by atoms with Crippen molar-refractivity contribution in [2.24, 2.45) is 0 Å². The minimum Gasteiger partial charge on any atom is -0.493 e. The third-order valence-corrected chi connectivity index (χ3v) is 3.79. The Kier molecular flexibility index (Phi) is 7.20. The van der Waals surface area contributed by atoms with Crippen molar-refractivity contribution >= 4 is 17.5 Å². The monoisotopic (exact) mass is 358 g/mol. The van der Waals surface area contributed by atoms with Gasteiger partial charge in [0.1, 0.15) is 5.69 Å². The maximum atomic E-state index is 12.3. The highest BCUT2D eigenvalue weighted by Crippen LogP contribution is 2.30. The van der Waals surface area contributed by atoms with Crippen LogP contribution in [-0.2, 0) is 0 Å². The predicted octanol–water partition coefficient (Wildman–Crippen LogP) is 3.47. The van der Waals surface area contributed by atoms with Crippen molar-refractivity contribution in [2.45, 2.75) is 33.1 Å². The average molecular weight is 358 g/mol. The molecule has 1 aromatic carbocycles. The maximum absolute atomic E-state index is 12.3. The number of carbonyl (C=O) groups excluding carboxylic acids is 1. The predicted molar refractivity (Wildman–Crippen MR) is 101 cm³/mol. The molecule has 0 saturated carbocycles. The molecule has 2 aromatic rings. The summed E-state index contributed by atoms with van der Waals surface area (Å²) in [6.45, 7) is 4.60. The molecule has 0 atom stereocenters. The van der Waals surface area contributed by atoms with E-state index >= 15 is 0 Å². The number of methoxy groups -OCH3 is 2. The lowest BCUT2D eigenvalue weighted by Gasteiger charge is -2.11. The molecule has 1 heterocycles. The number of carbonyl (C=O) groups is 1. The van der Waals surface area contributed by atoms with Crippen LogP contribution in [-0.4, -0.2) is 36.6 Å².